The summed E-state index contributed by atoms with van der Waals surface area (Å²) < 4.78 is 8.85. The molecule has 1 atom stereocenters. The molecule has 0 aromatic carbocycles. The monoisotopic (exact) mass is 202 g/mol. The summed E-state index contributed by atoms with van der Waals surface area (Å²) in [7, 11) is 0. The maximum Gasteiger partial charge on any atom is 0.371 e. The van der Waals surface area contributed by atoms with Gasteiger partial charge in [-0.05, 0) is 0 Å². The molecule has 0 aromatic rings. The molecule has 0 heterocycles. The summed E-state index contributed by atoms with van der Waals surface area (Å²) in [6.07, 6.45) is -0.148. The first-order chi connectivity index (χ1) is 6.63. The number of aldehydes is 1. The second kappa shape index (κ2) is 6.79. The maximum atomic E-state index is 10.6. The molecule has 0 bridgehead atoms. The Hall–Kier alpha value is -1.69. The lowest BCUT2D eigenvalue weighted by atomic mass is 10.4. The van der Waals surface area contributed by atoms with Crippen LogP contribution in [0.3, 0.4) is 0 Å². The van der Waals surface area contributed by atoms with Crippen molar-refractivity contribution < 1.29 is 29.0 Å². The van der Waals surface area contributed by atoms with Crippen LogP contribution in [-0.2, 0) is 23.9 Å². The molecule has 0 aromatic heterocycles. The summed E-state index contributed by atoms with van der Waals surface area (Å²) in [5.74, 6) is -1.83. The van der Waals surface area contributed by atoms with E-state index in [1.165, 1.54) is 0 Å². The van der Waals surface area contributed by atoms with Crippen LogP contribution in [0.2, 0.25) is 0 Å². The highest BCUT2D eigenvalue weighted by molar-refractivity contribution is 6.20. The smallest absolute Gasteiger partial charge is 0.371 e. The van der Waals surface area contributed by atoms with Gasteiger partial charge < -0.3 is 14.6 Å². The van der Waals surface area contributed by atoms with Crippen molar-refractivity contribution in [2.24, 2.45) is 0 Å². The Kier molecular flexibility index (Phi) is 5.97. The van der Waals surface area contributed by atoms with Gasteiger partial charge in [-0.25, -0.2) is 9.59 Å². The summed E-state index contributed by atoms with van der Waals surface area (Å²) in [4.78, 5) is 30.9. The third kappa shape index (κ3) is 5.04. The van der Waals surface area contributed by atoms with Crippen molar-refractivity contribution in [1.82, 2.24) is 0 Å². The van der Waals surface area contributed by atoms with Crippen molar-refractivity contribution in [3.05, 3.63) is 12.7 Å². The van der Waals surface area contributed by atoms with Gasteiger partial charge in [0.2, 0.25) is 6.29 Å². The van der Waals surface area contributed by atoms with Crippen molar-refractivity contribution in [1.29, 1.82) is 0 Å². The fraction of sp³-hybridized carbons (Fsp3) is 0.375. The van der Waals surface area contributed by atoms with Gasteiger partial charge in [0.15, 0.2) is 6.10 Å². The van der Waals surface area contributed by atoms with Crippen molar-refractivity contribution in [2.75, 3.05) is 13.2 Å². The lowest BCUT2D eigenvalue weighted by Crippen LogP contribution is -2.28. The third-order valence-electron chi connectivity index (χ3n) is 1.16. The van der Waals surface area contributed by atoms with Gasteiger partial charge in [0, 0.05) is 6.08 Å². The first-order valence-corrected chi connectivity index (χ1v) is 3.69. The highest BCUT2D eigenvalue weighted by Crippen LogP contribution is 1.93. The van der Waals surface area contributed by atoms with Crippen LogP contribution >= 0.6 is 0 Å². The van der Waals surface area contributed by atoms with Crippen LogP contribution in [0.5, 0.6) is 0 Å². The number of ether oxygens (including phenoxy) is 2. The fourth-order valence-electron chi connectivity index (χ4n) is 0.550. The van der Waals surface area contributed by atoms with Gasteiger partial charge in [0.1, 0.15) is 6.61 Å². The van der Waals surface area contributed by atoms with Gasteiger partial charge in [0.25, 0.3) is 0 Å². The van der Waals surface area contributed by atoms with E-state index in [1.807, 2.05) is 0 Å². The zero-order valence-corrected chi connectivity index (χ0v) is 7.34. The SMILES string of the molecule is C=CC(=O)OCC(CO)OC(=O)C=O. The number of carbonyl (C=O) groups is 3. The largest absolute Gasteiger partial charge is 0.458 e. The predicted molar refractivity (Wildman–Crippen MR) is 44.2 cm³/mol. The quantitative estimate of drug-likeness (QED) is 0.252. The number of hydrogen-bond acceptors (Lipinski definition) is 6. The van der Waals surface area contributed by atoms with E-state index in [0.29, 0.717) is 0 Å². The van der Waals surface area contributed by atoms with E-state index in [9.17, 15) is 14.4 Å². The van der Waals surface area contributed by atoms with Crippen LogP contribution in [0, 0.1) is 0 Å². The Morgan fingerprint density at radius 1 is 1.43 bits per heavy atom. The highest BCUT2D eigenvalue weighted by atomic mass is 16.6. The van der Waals surface area contributed by atoms with Crippen LogP contribution in [-0.4, -0.2) is 42.6 Å². The first kappa shape index (κ1) is 12.3. The molecule has 6 heteroatoms. The van der Waals surface area contributed by atoms with E-state index in [-0.39, 0.29) is 12.9 Å². The molecule has 1 unspecified atom stereocenters. The standard InChI is InChI=1S/C8H10O6/c1-2-7(11)13-5-6(3-9)14-8(12)4-10/h2,4,6,9H,1,3,5H2. The summed E-state index contributed by atoms with van der Waals surface area (Å²) >= 11 is 0. The maximum absolute atomic E-state index is 10.6. The highest BCUT2D eigenvalue weighted by Gasteiger charge is 2.14. The minimum atomic E-state index is -1.13. The average Bonchev–Trinajstić information content (AvgIpc) is 2.22. The van der Waals surface area contributed by atoms with E-state index >= 15 is 0 Å². The Bertz CT molecular complexity index is 234. The molecule has 78 valence electrons. The second-order valence-electron chi connectivity index (χ2n) is 2.19. The molecule has 14 heavy (non-hydrogen) atoms. The molecular weight excluding hydrogens is 192 g/mol. The topological polar surface area (TPSA) is 89.9 Å². The third-order valence-corrected chi connectivity index (χ3v) is 1.16. The van der Waals surface area contributed by atoms with Crippen LogP contribution in [0.25, 0.3) is 0 Å². The Morgan fingerprint density at radius 2 is 2.07 bits per heavy atom. The van der Waals surface area contributed by atoms with Crippen LogP contribution < -0.4 is 0 Å². The molecule has 0 rings (SSSR count). The van der Waals surface area contributed by atoms with E-state index < -0.39 is 24.6 Å². The molecule has 0 saturated carbocycles. The molecule has 1 N–H and O–H groups in total. The zero-order valence-electron chi connectivity index (χ0n) is 7.34. The van der Waals surface area contributed by atoms with E-state index in [0.717, 1.165) is 6.08 Å². The van der Waals surface area contributed by atoms with Crippen LogP contribution in [0.1, 0.15) is 0 Å². The molecule has 0 aliphatic rings. The number of esters is 2. The molecular formula is C8H10O6. The molecule has 0 aliphatic heterocycles. The molecule has 0 aliphatic carbocycles. The number of hydrogen-bond donors (Lipinski definition) is 1. The lowest BCUT2D eigenvalue weighted by Gasteiger charge is -2.12. The number of aliphatic hydroxyl groups is 1. The van der Waals surface area contributed by atoms with Crippen molar-refractivity contribution >= 4 is 18.2 Å². The minimum Gasteiger partial charge on any atom is -0.458 e. The Morgan fingerprint density at radius 3 is 2.50 bits per heavy atom. The van der Waals surface area contributed by atoms with Gasteiger partial charge in [-0.3, -0.25) is 4.79 Å². The lowest BCUT2D eigenvalue weighted by molar-refractivity contribution is -0.160. The van der Waals surface area contributed by atoms with E-state index in [1.54, 1.807) is 0 Å². The predicted octanol–water partition coefficient (Wildman–Crippen LogP) is -1.18. The molecule has 0 radical (unpaired) electrons. The van der Waals surface area contributed by atoms with Crippen LogP contribution in [0.15, 0.2) is 12.7 Å². The summed E-state index contributed by atoms with van der Waals surface area (Å²) in [6, 6.07) is 0. The molecule has 0 saturated heterocycles. The summed E-state index contributed by atoms with van der Waals surface area (Å²) in [5.41, 5.74) is 0. The van der Waals surface area contributed by atoms with E-state index in [4.69, 9.17) is 5.11 Å². The van der Waals surface area contributed by atoms with Gasteiger partial charge >= 0.3 is 11.9 Å². The minimum absolute atomic E-state index is 0.0437. The number of aliphatic hydroxyl groups excluding tert-OH is 1. The van der Waals surface area contributed by atoms with Gasteiger partial charge in [-0.1, -0.05) is 6.58 Å². The zero-order chi connectivity index (χ0) is 11.0. The molecule has 0 amide bonds. The van der Waals surface area contributed by atoms with Crippen LogP contribution in [0.4, 0.5) is 0 Å². The first-order valence-electron chi connectivity index (χ1n) is 3.69. The molecule has 0 spiro atoms. The Balaban J connectivity index is 3.90. The van der Waals surface area contributed by atoms with Crippen molar-refractivity contribution in [2.45, 2.75) is 6.10 Å². The second-order valence-corrected chi connectivity index (χ2v) is 2.19. The number of rotatable bonds is 6. The summed E-state index contributed by atoms with van der Waals surface area (Å²) in [5, 5.41) is 8.65. The van der Waals surface area contributed by atoms with Gasteiger partial charge in [0.05, 0.1) is 6.61 Å². The van der Waals surface area contributed by atoms with E-state index in [2.05, 4.69) is 16.1 Å². The fourth-order valence-corrected chi connectivity index (χ4v) is 0.550. The molecule has 6 nitrogen and oxygen atoms in total. The van der Waals surface area contributed by atoms with Gasteiger partial charge in [-0.2, -0.15) is 0 Å². The van der Waals surface area contributed by atoms with Crippen molar-refractivity contribution in [3.63, 3.8) is 0 Å². The Labute approximate surface area is 80.1 Å². The average molecular weight is 202 g/mol. The van der Waals surface area contributed by atoms with Crippen molar-refractivity contribution in [3.8, 4) is 0 Å². The number of carbonyl (C=O) groups excluding carboxylic acids is 3. The molecule has 0 fully saturated rings. The summed E-state index contributed by atoms with van der Waals surface area (Å²) in [6.45, 7) is 2.28. The normalized spacial score (nSPS) is 11.2. The van der Waals surface area contributed by atoms with Gasteiger partial charge in [-0.15, -0.1) is 0 Å².